The van der Waals surface area contributed by atoms with Crippen molar-refractivity contribution < 1.29 is 18.7 Å². The normalized spacial score (nSPS) is 15.0. The number of aromatic nitrogens is 5. The molecule has 0 radical (unpaired) electrons. The first-order chi connectivity index (χ1) is 17.9. The van der Waals surface area contributed by atoms with Crippen molar-refractivity contribution in [3.05, 3.63) is 64.9 Å². The summed E-state index contributed by atoms with van der Waals surface area (Å²) in [6.07, 6.45) is 11.3. The summed E-state index contributed by atoms with van der Waals surface area (Å²) >= 11 is 1.16. The lowest BCUT2D eigenvalue weighted by Crippen LogP contribution is -2.46. The van der Waals surface area contributed by atoms with Crippen molar-refractivity contribution in [1.82, 2.24) is 24.7 Å². The van der Waals surface area contributed by atoms with Gasteiger partial charge in [-0.05, 0) is 30.0 Å². The van der Waals surface area contributed by atoms with Crippen LogP contribution in [0.1, 0.15) is 21.9 Å². The number of rotatable bonds is 6. The second kappa shape index (κ2) is 9.79. The van der Waals surface area contributed by atoms with Crippen LogP contribution in [0.4, 0.5) is 16.0 Å². The van der Waals surface area contributed by atoms with Crippen LogP contribution in [0, 0.1) is 18.2 Å². The van der Waals surface area contributed by atoms with Crippen LogP contribution in [-0.4, -0.2) is 56.2 Å². The highest BCUT2D eigenvalue weighted by molar-refractivity contribution is 7.10. The average molecular weight is 518 g/mol. The quantitative estimate of drug-likeness (QED) is 0.362. The summed E-state index contributed by atoms with van der Waals surface area (Å²) in [6, 6.07) is 4.38. The number of methoxy groups -OCH3 is 1. The Morgan fingerprint density at radius 1 is 1.24 bits per heavy atom. The molecule has 5 rings (SSSR count). The van der Waals surface area contributed by atoms with Gasteiger partial charge in [-0.1, -0.05) is 0 Å². The van der Waals surface area contributed by atoms with Crippen LogP contribution in [0.5, 0.6) is 5.75 Å². The molecule has 1 unspecified atom stereocenters. The number of aryl methyl sites for hydroxylation is 1. The van der Waals surface area contributed by atoms with Crippen LogP contribution >= 0.6 is 11.3 Å². The zero-order valence-electron chi connectivity index (χ0n) is 19.8. The van der Waals surface area contributed by atoms with Crippen LogP contribution in [0.25, 0.3) is 11.1 Å². The van der Waals surface area contributed by atoms with Gasteiger partial charge in [0, 0.05) is 42.5 Å². The molecule has 1 aliphatic rings. The van der Waals surface area contributed by atoms with Gasteiger partial charge in [0.05, 0.1) is 25.7 Å². The highest BCUT2D eigenvalue weighted by atomic mass is 32.1. The molecular weight excluding hydrogens is 497 g/mol. The Balaban J connectivity index is 1.59. The molecule has 0 spiro atoms. The first kappa shape index (κ1) is 24.1. The van der Waals surface area contributed by atoms with E-state index >= 15 is 0 Å². The first-order valence-corrected chi connectivity index (χ1v) is 12.0. The largest absolute Gasteiger partial charge is 0.497 e. The van der Waals surface area contributed by atoms with Crippen LogP contribution in [-0.2, 0) is 11.8 Å². The van der Waals surface area contributed by atoms with Crippen LogP contribution < -0.4 is 14.5 Å². The van der Waals surface area contributed by atoms with E-state index in [1.807, 2.05) is 12.3 Å². The van der Waals surface area contributed by atoms with Gasteiger partial charge < -0.3 is 4.74 Å². The summed E-state index contributed by atoms with van der Waals surface area (Å²) in [7, 11) is 3.32. The number of anilines is 2. The van der Waals surface area contributed by atoms with Crippen molar-refractivity contribution in [2.75, 3.05) is 23.5 Å². The molecule has 0 bridgehead atoms. The van der Waals surface area contributed by atoms with E-state index < -0.39 is 23.7 Å². The molecule has 12 heteroatoms. The van der Waals surface area contributed by atoms with Crippen LogP contribution in [0.15, 0.2) is 48.4 Å². The SMILES string of the molecule is C#Cc1nc(C(=O)N(c2cc(OC)cc(-c3cnn(C)c3)c2)C2CCN(c3ncc(F)cn3)C2=O)cs1. The smallest absolute Gasteiger partial charge is 0.278 e. The summed E-state index contributed by atoms with van der Waals surface area (Å²) in [5, 5.41) is 6.14. The predicted octanol–water partition coefficient (Wildman–Crippen LogP) is 2.91. The van der Waals surface area contributed by atoms with Crippen molar-refractivity contribution >= 4 is 34.8 Å². The molecule has 0 aliphatic carbocycles. The first-order valence-electron chi connectivity index (χ1n) is 11.1. The fraction of sp³-hybridized carbons (Fsp3) is 0.200. The Hall–Kier alpha value is -4.63. The second-order valence-corrected chi connectivity index (χ2v) is 9.03. The standard InChI is InChI=1S/C25H20FN7O3S/c1-4-22-30-20(14-37-22)23(34)33(21-5-6-32(24(21)35)25-27-11-17(26)12-28-25)18-7-15(8-19(9-18)36-3)16-10-29-31(2)13-16/h1,7-14,21H,5-6H2,2-3H3. The molecule has 1 saturated heterocycles. The summed E-state index contributed by atoms with van der Waals surface area (Å²) in [6.45, 7) is 0.241. The maximum absolute atomic E-state index is 13.8. The topological polar surface area (TPSA) is 106 Å². The van der Waals surface area contributed by atoms with Crippen molar-refractivity contribution in [3.63, 3.8) is 0 Å². The van der Waals surface area contributed by atoms with E-state index in [2.05, 4.69) is 26.0 Å². The molecule has 1 aromatic carbocycles. The zero-order valence-corrected chi connectivity index (χ0v) is 20.6. The third-order valence-electron chi connectivity index (χ3n) is 5.85. The minimum absolute atomic E-state index is 0.0614. The molecule has 2 amide bonds. The van der Waals surface area contributed by atoms with Crippen molar-refractivity contribution in [3.8, 4) is 29.2 Å². The molecule has 0 N–H and O–H groups in total. The lowest BCUT2D eigenvalue weighted by molar-refractivity contribution is -0.118. The third kappa shape index (κ3) is 4.64. The Labute approximate surface area is 215 Å². The molecule has 4 aromatic rings. The van der Waals surface area contributed by atoms with Gasteiger partial charge in [-0.3, -0.25) is 24.1 Å². The van der Waals surface area contributed by atoms with Gasteiger partial charge in [-0.2, -0.15) is 5.10 Å². The van der Waals surface area contributed by atoms with Gasteiger partial charge in [-0.15, -0.1) is 17.8 Å². The summed E-state index contributed by atoms with van der Waals surface area (Å²) < 4.78 is 20.5. The summed E-state index contributed by atoms with van der Waals surface area (Å²) in [4.78, 5) is 42.2. The minimum Gasteiger partial charge on any atom is -0.497 e. The van der Waals surface area contributed by atoms with Gasteiger partial charge in [0.15, 0.2) is 10.8 Å². The molecule has 0 saturated carbocycles. The maximum atomic E-state index is 13.8. The van der Waals surface area contributed by atoms with Gasteiger partial charge in [0.1, 0.15) is 17.5 Å². The Morgan fingerprint density at radius 2 is 2.03 bits per heavy atom. The van der Waals surface area contributed by atoms with E-state index in [-0.39, 0.29) is 24.6 Å². The molecule has 4 heterocycles. The number of benzene rings is 1. The minimum atomic E-state index is -0.897. The van der Waals surface area contributed by atoms with E-state index in [9.17, 15) is 14.0 Å². The van der Waals surface area contributed by atoms with E-state index in [1.54, 1.807) is 35.4 Å². The number of carbonyl (C=O) groups is 2. The zero-order chi connectivity index (χ0) is 26.1. The van der Waals surface area contributed by atoms with E-state index in [4.69, 9.17) is 11.2 Å². The van der Waals surface area contributed by atoms with E-state index in [0.717, 1.165) is 34.9 Å². The number of amides is 2. The Morgan fingerprint density at radius 3 is 2.68 bits per heavy atom. The number of terminal acetylenes is 1. The molecule has 37 heavy (non-hydrogen) atoms. The number of thiazole rings is 1. The molecule has 1 atom stereocenters. The highest BCUT2D eigenvalue weighted by Gasteiger charge is 2.41. The third-order valence-corrected chi connectivity index (χ3v) is 6.62. The van der Waals surface area contributed by atoms with Gasteiger partial charge in [0.2, 0.25) is 5.95 Å². The van der Waals surface area contributed by atoms with Crippen molar-refractivity contribution in [2.24, 2.45) is 7.05 Å². The number of halogens is 1. The molecule has 186 valence electrons. The van der Waals surface area contributed by atoms with Gasteiger partial charge >= 0.3 is 0 Å². The second-order valence-electron chi connectivity index (χ2n) is 8.18. The Kier molecular flexibility index (Phi) is 6.37. The number of hydrogen-bond acceptors (Lipinski definition) is 8. The molecule has 10 nitrogen and oxygen atoms in total. The van der Waals surface area contributed by atoms with Crippen molar-refractivity contribution in [1.29, 1.82) is 0 Å². The number of ether oxygens (including phenoxy) is 1. The predicted molar refractivity (Wildman–Crippen MR) is 135 cm³/mol. The lowest BCUT2D eigenvalue weighted by atomic mass is 10.1. The van der Waals surface area contributed by atoms with E-state index in [0.29, 0.717) is 16.4 Å². The lowest BCUT2D eigenvalue weighted by Gasteiger charge is -2.28. The van der Waals surface area contributed by atoms with E-state index in [1.165, 1.54) is 16.9 Å². The van der Waals surface area contributed by atoms with Gasteiger partial charge in [0.25, 0.3) is 11.8 Å². The fourth-order valence-corrected chi connectivity index (χ4v) is 4.72. The van der Waals surface area contributed by atoms with Crippen molar-refractivity contribution in [2.45, 2.75) is 12.5 Å². The number of nitrogens with zero attached hydrogens (tertiary/aromatic N) is 7. The number of hydrogen-bond donors (Lipinski definition) is 0. The molecule has 1 fully saturated rings. The number of carbonyl (C=O) groups excluding carboxylic acids is 2. The Bertz CT molecular complexity index is 1530. The fourth-order valence-electron chi connectivity index (χ4n) is 4.13. The molecule has 1 aliphatic heterocycles. The molecule has 3 aromatic heterocycles. The summed E-state index contributed by atoms with van der Waals surface area (Å²) in [5.74, 6) is 1.46. The van der Waals surface area contributed by atoms with Crippen LogP contribution in [0.2, 0.25) is 0 Å². The average Bonchev–Trinajstić information content (AvgIpc) is 3.65. The molecular formula is C25H20FN7O3S. The monoisotopic (exact) mass is 517 g/mol. The maximum Gasteiger partial charge on any atom is 0.278 e. The summed E-state index contributed by atoms with van der Waals surface area (Å²) in [5.41, 5.74) is 2.09. The highest BCUT2D eigenvalue weighted by Crippen LogP contribution is 2.34. The van der Waals surface area contributed by atoms with Crippen LogP contribution in [0.3, 0.4) is 0 Å². The van der Waals surface area contributed by atoms with Gasteiger partial charge in [-0.25, -0.2) is 19.3 Å².